The maximum atomic E-state index is 12.8. The van der Waals surface area contributed by atoms with Gasteiger partial charge in [0.15, 0.2) is 0 Å². The molecule has 1 N–H and O–H groups in total. The van der Waals surface area contributed by atoms with E-state index in [1.807, 2.05) is 25.4 Å². The average Bonchev–Trinajstić information content (AvgIpc) is 3.39. The van der Waals surface area contributed by atoms with Crippen LogP contribution in [0.15, 0.2) is 30.5 Å². The van der Waals surface area contributed by atoms with Gasteiger partial charge in [-0.15, -0.1) is 0 Å². The minimum atomic E-state index is -0.0661. The molecule has 1 amide bonds. The number of hydrogen-bond donors (Lipinski definition) is 1. The van der Waals surface area contributed by atoms with Crippen LogP contribution in [0.2, 0.25) is 0 Å². The van der Waals surface area contributed by atoms with Crippen LogP contribution in [0, 0.1) is 0 Å². The van der Waals surface area contributed by atoms with Gasteiger partial charge in [0.05, 0.1) is 6.20 Å². The van der Waals surface area contributed by atoms with Crippen molar-refractivity contribution in [2.75, 3.05) is 38.5 Å². The Labute approximate surface area is 154 Å². The lowest BCUT2D eigenvalue weighted by atomic mass is 10.1. The van der Waals surface area contributed by atoms with Crippen molar-refractivity contribution in [2.24, 2.45) is 7.05 Å². The quantitative estimate of drug-likeness (QED) is 0.896. The molecular formula is C20H27N5O. The summed E-state index contributed by atoms with van der Waals surface area (Å²) in [4.78, 5) is 17.6. The summed E-state index contributed by atoms with van der Waals surface area (Å²) < 4.78 is 1.69. The highest BCUT2D eigenvalue weighted by Gasteiger charge is 2.30. The zero-order valence-electron chi connectivity index (χ0n) is 15.6. The number of nitrogens with zero attached hydrogens (tertiary/aromatic N) is 4. The molecular weight excluding hydrogens is 326 g/mol. The van der Waals surface area contributed by atoms with E-state index in [0.717, 1.165) is 56.8 Å². The maximum Gasteiger partial charge on any atom is 0.274 e. The third-order valence-corrected chi connectivity index (χ3v) is 5.39. The molecule has 0 atom stereocenters. The van der Waals surface area contributed by atoms with Crippen molar-refractivity contribution in [1.82, 2.24) is 19.6 Å². The minimum Gasteiger partial charge on any atom is -0.321 e. The first-order valence-electron chi connectivity index (χ1n) is 9.43. The number of aryl methyl sites for hydroxylation is 1. The van der Waals surface area contributed by atoms with Gasteiger partial charge in [0.25, 0.3) is 5.91 Å². The van der Waals surface area contributed by atoms with Gasteiger partial charge in [-0.2, -0.15) is 5.10 Å². The minimum absolute atomic E-state index is 0.0661. The zero-order valence-corrected chi connectivity index (χ0v) is 15.6. The highest BCUT2D eigenvalue weighted by Crippen LogP contribution is 2.41. The molecule has 2 heterocycles. The third-order valence-electron chi connectivity index (χ3n) is 5.39. The molecule has 1 saturated carbocycles. The van der Waals surface area contributed by atoms with Crippen LogP contribution < -0.4 is 5.32 Å². The lowest BCUT2D eigenvalue weighted by Crippen LogP contribution is -2.43. The number of carbonyl (C=O) groups excluding carboxylic acids is 1. The van der Waals surface area contributed by atoms with Crippen molar-refractivity contribution >= 4 is 11.6 Å². The van der Waals surface area contributed by atoms with Gasteiger partial charge in [0.1, 0.15) is 5.69 Å². The monoisotopic (exact) mass is 353 g/mol. The highest BCUT2D eigenvalue weighted by molar-refractivity contribution is 6.04. The molecule has 2 fully saturated rings. The van der Waals surface area contributed by atoms with Crippen LogP contribution in [-0.2, 0) is 13.6 Å². The van der Waals surface area contributed by atoms with Gasteiger partial charge in [-0.1, -0.05) is 12.1 Å². The Kier molecular flexibility index (Phi) is 4.78. The van der Waals surface area contributed by atoms with E-state index in [0.29, 0.717) is 11.6 Å². The van der Waals surface area contributed by atoms with Crippen LogP contribution in [0.1, 0.15) is 40.4 Å². The smallest absolute Gasteiger partial charge is 0.274 e. The van der Waals surface area contributed by atoms with E-state index in [2.05, 4.69) is 39.4 Å². The molecule has 6 nitrogen and oxygen atoms in total. The highest BCUT2D eigenvalue weighted by atomic mass is 16.2. The Morgan fingerprint density at radius 2 is 1.96 bits per heavy atom. The molecule has 0 radical (unpaired) electrons. The molecule has 1 saturated heterocycles. The Bertz CT molecular complexity index is 787. The van der Waals surface area contributed by atoms with Gasteiger partial charge in [-0.05, 0) is 43.5 Å². The number of carbonyl (C=O) groups is 1. The van der Waals surface area contributed by atoms with Crippen LogP contribution in [0.3, 0.4) is 0 Å². The Morgan fingerprint density at radius 1 is 1.19 bits per heavy atom. The zero-order chi connectivity index (χ0) is 18.1. The van der Waals surface area contributed by atoms with Crippen molar-refractivity contribution < 1.29 is 4.79 Å². The summed E-state index contributed by atoms with van der Waals surface area (Å²) in [6, 6.07) is 8.20. The van der Waals surface area contributed by atoms with Gasteiger partial charge < -0.3 is 10.2 Å². The SMILES string of the molecule is CN1CCN(Cc2cccc(NC(=O)c3c(C4CC4)cnn3C)c2)CC1. The van der Waals surface area contributed by atoms with Gasteiger partial charge >= 0.3 is 0 Å². The van der Waals surface area contributed by atoms with Crippen molar-refractivity contribution in [3.8, 4) is 0 Å². The van der Waals surface area contributed by atoms with Crippen LogP contribution >= 0.6 is 0 Å². The maximum absolute atomic E-state index is 12.8. The number of benzene rings is 1. The van der Waals surface area contributed by atoms with E-state index in [-0.39, 0.29) is 5.91 Å². The summed E-state index contributed by atoms with van der Waals surface area (Å²) in [5.74, 6) is 0.441. The molecule has 26 heavy (non-hydrogen) atoms. The second-order valence-corrected chi connectivity index (χ2v) is 7.58. The number of hydrogen-bond acceptors (Lipinski definition) is 4. The first kappa shape index (κ1) is 17.2. The van der Waals surface area contributed by atoms with Gasteiger partial charge in [0, 0.05) is 51.0 Å². The lowest BCUT2D eigenvalue weighted by molar-refractivity contribution is 0.101. The summed E-state index contributed by atoms with van der Waals surface area (Å²) in [6.45, 7) is 5.33. The number of likely N-dealkylation sites (N-methyl/N-ethyl adjacent to an activating group) is 1. The molecule has 0 unspecified atom stereocenters. The fraction of sp³-hybridized carbons (Fsp3) is 0.500. The Balaban J connectivity index is 1.44. The molecule has 6 heteroatoms. The van der Waals surface area contributed by atoms with Crippen molar-refractivity contribution in [3.63, 3.8) is 0 Å². The topological polar surface area (TPSA) is 53.4 Å². The second kappa shape index (κ2) is 7.21. The van der Waals surface area contributed by atoms with Gasteiger partial charge in [-0.3, -0.25) is 14.4 Å². The van der Waals surface area contributed by atoms with Crippen molar-refractivity contribution in [2.45, 2.75) is 25.3 Å². The summed E-state index contributed by atoms with van der Waals surface area (Å²) in [6.07, 6.45) is 4.16. The lowest BCUT2D eigenvalue weighted by Gasteiger charge is -2.32. The molecule has 0 bridgehead atoms. The van der Waals surface area contributed by atoms with Gasteiger partial charge in [-0.25, -0.2) is 0 Å². The van der Waals surface area contributed by atoms with Crippen LogP contribution in [0.4, 0.5) is 5.69 Å². The molecule has 0 spiro atoms. The summed E-state index contributed by atoms with van der Waals surface area (Å²) in [5, 5.41) is 7.35. The number of nitrogens with one attached hydrogen (secondary N) is 1. The summed E-state index contributed by atoms with van der Waals surface area (Å²) in [5.41, 5.74) is 3.86. The number of amides is 1. The first-order valence-corrected chi connectivity index (χ1v) is 9.43. The molecule has 1 aromatic heterocycles. The van der Waals surface area contributed by atoms with E-state index >= 15 is 0 Å². The summed E-state index contributed by atoms with van der Waals surface area (Å²) >= 11 is 0. The summed E-state index contributed by atoms with van der Waals surface area (Å²) in [7, 11) is 4.01. The molecule has 138 valence electrons. The third kappa shape index (κ3) is 3.81. The normalized spacial score (nSPS) is 18.8. The molecule has 2 aliphatic rings. The number of anilines is 1. The first-order chi connectivity index (χ1) is 12.6. The van der Waals surface area contributed by atoms with E-state index < -0.39 is 0 Å². The fourth-order valence-electron chi connectivity index (χ4n) is 3.63. The van der Waals surface area contributed by atoms with E-state index in [1.165, 1.54) is 5.56 Å². The number of piperazine rings is 1. The predicted octanol–water partition coefficient (Wildman–Crippen LogP) is 2.30. The van der Waals surface area contributed by atoms with Crippen molar-refractivity contribution in [3.05, 3.63) is 47.3 Å². The number of aromatic nitrogens is 2. The van der Waals surface area contributed by atoms with Gasteiger partial charge in [0.2, 0.25) is 0 Å². The van der Waals surface area contributed by atoms with Crippen LogP contribution in [0.25, 0.3) is 0 Å². The molecule has 1 aromatic carbocycles. The van der Waals surface area contributed by atoms with E-state index in [1.54, 1.807) is 4.68 Å². The van der Waals surface area contributed by atoms with Crippen molar-refractivity contribution in [1.29, 1.82) is 0 Å². The van der Waals surface area contributed by atoms with E-state index in [9.17, 15) is 4.79 Å². The molecule has 4 rings (SSSR count). The fourth-order valence-corrected chi connectivity index (χ4v) is 3.63. The molecule has 1 aliphatic carbocycles. The van der Waals surface area contributed by atoms with Crippen LogP contribution in [-0.4, -0.2) is 58.7 Å². The molecule has 1 aliphatic heterocycles. The largest absolute Gasteiger partial charge is 0.321 e. The Morgan fingerprint density at radius 3 is 2.69 bits per heavy atom. The second-order valence-electron chi connectivity index (χ2n) is 7.58. The predicted molar refractivity (Wildman–Crippen MR) is 102 cm³/mol. The Hall–Kier alpha value is -2.18. The standard InChI is InChI=1S/C20H27N5O/c1-23-8-10-25(11-9-23)14-15-4-3-5-17(12-15)22-20(26)19-18(16-6-7-16)13-21-24(19)2/h3-5,12-13,16H,6-11,14H2,1-2H3,(H,22,26). The molecule has 2 aromatic rings. The van der Waals surface area contributed by atoms with E-state index in [4.69, 9.17) is 0 Å². The average molecular weight is 353 g/mol. The van der Waals surface area contributed by atoms with Crippen LogP contribution in [0.5, 0.6) is 0 Å². The number of rotatable bonds is 5.